The smallest absolute Gasteiger partial charge is 0.151 e. The SMILES string of the molecule is COc1ccc(COCCOc2ccc(C=O)c(Cl)c2)c(Cl)c1. The minimum atomic E-state index is 0.364. The monoisotopic (exact) mass is 354 g/mol. The minimum absolute atomic E-state index is 0.364. The van der Waals surface area contributed by atoms with E-state index in [1.807, 2.05) is 12.1 Å². The maximum atomic E-state index is 10.7. The molecule has 0 atom stereocenters. The molecule has 23 heavy (non-hydrogen) atoms. The lowest BCUT2D eigenvalue weighted by atomic mass is 10.2. The van der Waals surface area contributed by atoms with Crippen molar-refractivity contribution in [1.29, 1.82) is 0 Å². The Labute approximate surface area is 144 Å². The molecule has 0 saturated heterocycles. The van der Waals surface area contributed by atoms with E-state index >= 15 is 0 Å². The van der Waals surface area contributed by atoms with E-state index < -0.39 is 0 Å². The molecule has 2 aromatic carbocycles. The van der Waals surface area contributed by atoms with Crippen molar-refractivity contribution in [3.05, 3.63) is 57.6 Å². The highest BCUT2D eigenvalue weighted by molar-refractivity contribution is 6.33. The van der Waals surface area contributed by atoms with Crippen LogP contribution in [0.3, 0.4) is 0 Å². The summed E-state index contributed by atoms with van der Waals surface area (Å²) >= 11 is 12.1. The van der Waals surface area contributed by atoms with Crippen LogP contribution in [-0.2, 0) is 11.3 Å². The predicted octanol–water partition coefficient (Wildman–Crippen LogP) is 4.41. The molecule has 0 spiro atoms. The molecule has 0 unspecified atom stereocenters. The zero-order valence-electron chi connectivity index (χ0n) is 12.6. The van der Waals surface area contributed by atoms with E-state index in [0.717, 1.165) is 5.56 Å². The molecule has 0 N–H and O–H groups in total. The number of halogens is 2. The Morgan fingerprint density at radius 1 is 1.00 bits per heavy atom. The van der Waals surface area contributed by atoms with Crippen LogP contribution in [0.4, 0.5) is 0 Å². The van der Waals surface area contributed by atoms with Crippen LogP contribution in [-0.4, -0.2) is 26.6 Å². The van der Waals surface area contributed by atoms with Crippen LogP contribution < -0.4 is 9.47 Å². The Bertz CT molecular complexity index is 674. The number of hydrogen-bond acceptors (Lipinski definition) is 4. The minimum Gasteiger partial charge on any atom is -0.497 e. The first-order chi connectivity index (χ1) is 11.1. The molecule has 4 nitrogen and oxygen atoms in total. The zero-order valence-corrected chi connectivity index (χ0v) is 14.1. The molecule has 2 rings (SSSR count). The third-order valence-corrected chi connectivity index (χ3v) is 3.79. The molecule has 0 aliphatic heterocycles. The normalized spacial score (nSPS) is 10.4. The van der Waals surface area contributed by atoms with Crippen molar-refractivity contribution in [2.45, 2.75) is 6.61 Å². The molecule has 0 saturated carbocycles. The molecular weight excluding hydrogens is 339 g/mol. The van der Waals surface area contributed by atoms with Crippen LogP contribution in [0.2, 0.25) is 10.0 Å². The topological polar surface area (TPSA) is 44.8 Å². The molecule has 0 amide bonds. The molecular formula is C17H16Cl2O4. The van der Waals surface area contributed by atoms with Crippen LogP contribution in [0.25, 0.3) is 0 Å². The van der Waals surface area contributed by atoms with Gasteiger partial charge in [-0.05, 0) is 35.9 Å². The van der Waals surface area contributed by atoms with Crippen LogP contribution in [0.1, 0.15) is 15.9 Å². The average molecular weight is 355 g/mol. The van der Waals surface area contributed by atoms with Gasteiger partial charge in [0.2, 0.25) is 0 Å². The lowest BCUT2D eigenvalue weighted by Crippen LogP contribution is -2.07. The number of carbonyl (C=O) groups is 1. The number of aldehydes is 1. The first-order valence-electron chi connectivity index (χ1n) is 6.91. The zero-order chi connectivity index (χ0) is 16.7. The fourth-order valence-corrected chi connectivity index (χ4v) is 2.31. The van der Waals surface area contributed by atoms with Gasteiger partial charge in [0.25, 0.3) is 0 Å². The van der Waals surface area contributed by atoms with Crippen molar-refractivity contribution in [2.75, 3.05) is 20.3 Å². The van der Waals surface area contributed by atoms with Crippen molar-refractivity contribution in [3.8, 4) is 11.5 Å². The Morgan fingerprint density at radius 3 is 2.39 bits per heavy atom. The second kappa shape index (κ2) is 8.77. The van der Waals surface area contributed by atoms with Crippen molar-refractivity contribution >= 4 is 29.5 Å². The van der Waals surface area contributed by atoms with Gasteiger partial charge in [0, 0.05) is 10.6 Å². The van der Waals surface area contributed by atoms with Gasteiger partial charge in [-0.3, -0.25) is 4.79 Å². The largest absolute Gasteiger partial charge is 0.497 e. The van der Waals surface area contributed by atoms with E-state index in [4.69, 9.17) is 37.4 Å². The van der Waals surface area contributed by atoms with Gasteiger partial charge in [-0.25, -0.2) is 0 Å². The lowest BCUT2D eigenvalue weighted by molar-refractivity contribution is 0.0889. The van der Waals surface area contributed by atoms with Gasteiger partial charge < -0.3 is 14.2 Å². The number of hydrogen-bond donors (Lipinski definition) is 0. The van der Waals surface area contributed by atoms with Gasteiger partial charge in [-0.15, -0.1) is 0 Å². The quantitative estimate of drug-likeness (QED) is 0.520. The molecule has 0 radical (unpaired) electrons. The summed E-state index contributed by atoms with van der Waals surface area (Å²) in [6, 6.07) is 10.3. The standard InChI is InChI=1S/C17H16Cl2O4/c1-21-14-4-3-13(17(19)8-14)11-22-6-7-23-15-5-2-12(10-20)16(18)9-15/h2-5,8-10H,6-7,11H2,1H3. The van der Waals surface area contributed by atoms with E-state index in [-0.39, 0.29) is 0 Å². The van der Waals surface area contributed by atoms with Crippen LogP contribution in [0, 0.1) is 0 Å². The maximum Gasteiger partial charge on any atom is 0.151 e. The van der Waals surface area contributed by atoms with Crippen molar-refractivity contribution in [2.24, 2.45) is 0 Å². The van der Waals surface area contributed by atoms with E-state index in [1.54, 1.807) is 31.4 Å². The second-order valence-corrected chi connectivity index (χ2v) is 5.47. The number of ether oxygens (including phenoxy) is 3. The molecule has 0 heterocycles. The van der Waals surface area contributed by atoms with Gasteiger partial charge in [-0.1, -0.05) is 29.3 Å². The maximum absolute atomic E-state index is 10.7. The number of benzene rings is 2. The van der Waals surface area contributed by atoms with Gasteiger partial charge in [0.05, 0.1) is 25.3 Å². The Hall–Kier alpha value is -1.75. The summed E-state index contributed by atoms with van der Waals surface area (Å²) in [5, 5.41) is 0.963. The van der Waals surface area contributed by atoms with E-state index in [1.165, 1.54) is 0 Å². The summed E-state index contributed by atoms with van der Waals surface area (Å²) in [5.41, 5.74) is 1.32. The first kappa shape index (κ1) is 17.6. The summed E-state index contributed by atoms with van der Waals surface area (Å²) in [6.07, 6.45) is 0.702. The highest BCUT2D eigenvalue weighted by atomic mass is 35.5. The third kappa shape index (κ3) is 5.13. The Balaban J connectivity index is 1.75. The highest BCUT2D eigenvalue weighted by Gasteiger charge is 2.04. The molecule has 0 fully saturated rings. The lowest BCUT2D eigenvalue weighted by Gasteiger charge is -2.09. The second-order valence-electron chi connectivity index (χ2n) is 4.66. The Kier molecular flexibility index (Phi) is 6.71. The molecule has 122 valence electrons. The molecule has 6 heteroatoms. The summed E-state index contributed by atoms with van der Waals surface area (Å²) in [7, 11) is 1.59. The van der Waals surface area contributed by atoms with Crippen molar-refractivity contribution in [3.63, 3.8) is 0 Å². The van der Waals surface area contributed by atoms with Gasteiger partial charge in [-0.2, -0.15) is 0 Å². The Morgan fingerprint density at radius 2 is 1.74 bits per heavy atom. The van der Waals surface area contributed by atoms with E-state index in [9.17, 15) is 4.79 Å². The van der Waals surface area contributed by atoms with E-state index in [0.29, 0.717) is 53.2 Å². The van der Waals surface area contributed by atoms with Crippen molar-refractivity contribution < 1.29 is 19.0 Å². The average Bonchev–Trinajstić information content (AvgIpc) is 2.56. The number of methoxy groups -OCH3 is 1. The molecule has 0 aliphatic carbocycles. The molecule has 0 aromatic heterocycles. The van der Waals surface area contributed by atoms with Gasteiger partial charge >= 0.3 is 0 Å². The first-order valence-corrected chi connectivity index (χ1v) is 7.67. The summed E-state index contributed by atoms with van der Waals surface area (Å²) in [5.74, 6) is 1.30. The molecule has 0 bridgehead atoms. The fraction of sp³-hybridized carbons (Fsp3) is 0.235. The fourth-order valence-electron chi connectivity index (χ4n) is 1.87. The summed E-state index contributed by atoms with van der Waals surface area (Å²) < 4.78 is 16.1. The van der Waals surface area contributed by atoms with Crippen molar-refractivity contribution in [1.82, 2.24) is 0 Å². The summed E-state index contributed by atoms with van der Waals surface area (Å²) in [6.45, 7) is 1.15. The van der Waals surface area contributed by atoms with Crippen LogP contribution >= 0.6 is 23.2 Å². The molecule has 0 aliphatic rings. The highest BCUT2D eigenvalue weighted by Crippen LogP contribution is 2.23. The number of rotatable bonds is 8. The number of carbonyl (C=O) groups excluding carboxylic acids is 1. The van der Waals surface area contributed by atoms with E-state index in [2.05, 4.69) is 0 Å². The van der Waals surface area contributed by atoms with Crippen LogP contribution in [0.15, 0.2) is 36.4 Å². The third-order valence-electron chi connectivity index (χ3n) is 3.11. The predicted molar refractivity (Wildman–Crippen MR) is 90.0 cm³/mol. The van der Waals surface area contributed by atoms with Crippen LogP contribution in [0.5, 0.6) is 11.5 Å². The molecule has 2 aromatic rings. The summed E-state index contributed by atoms with van der Waals surface area (Å²) in [4.78, 5) is 10.7. The van der Waals surface area contributed by atoms with Gasteiger partial charge in [0.1, 0.15) is 18.1 Å². The van der Waals surface area contributed by atoms with Gasteiger partial charge in [0.15, 0.2) is 6.29 Å².